The van der Waals surface area contributed by atoms with Crippen molar-refractivity contribution in [1.82, 2.24) is 19.6 Å². The molecule has 0 bridgehead atoms. The minimum absolute atomic E-state index is 0.528. The van der Waals surface area contributed by atoms with Crippen molar-refractivity contribution < 1.29 is 0 Å². The first-order valence-corrected chi connectivity index (χ1v) is 6.59. The smallest absolute Gasteiger partial charge is 0.0649 e. The first-order chi connectivity index (χ1) is 8.15. The first-order valence-electron chi connectivity index (χ1n) is 6.59. The van der Waals surface area contributed by atoms with E-state index in [1.165, 1.54) is 31.9 Å². The molecule has 2 heterocycles. The van der Waals surface area contributed by atoms with Gasteiger partial charge in [-0.15, -0.1) is 0 Å². The summed E-state index contributed by atoms with van der Waals surface area (Å²) in [7, 11) is 2.19. The van der Waals surface area contributed by atoms with Crippen molar-refractivity contribution in [3.05, 3.63) is 18.0 Å². The normalized spacial score (nSPS) is 19.1. The molecule has 4 nitrogen and oxygen atoms in total. The molecule has 1 aliphatic rings. The lowest BCUT2D eigenvalue weighted by molar-refractivity contribution is 0.148. The minimum Gasteiger partial charge on any atom is -0.304 e. The van der Waals surface area contributed by atoms with Crippen LogP contribution in [0.25, 0.3) is 0 Å². The van der Waals surface area contributed by atoms with Crippen LogP contribution in [-0.4, -0.2) is 59.4 Å². The van der Waals surface area contributed by atoms with E-state index in [4.69, 9.17) is 0 Å². The zero-order valence-electron chi connectivity index (χ0n) is 11.3. The number of nitrogens with zero attached hydrogens (tertiary/aromatic N) is 4. The van der Waals surface area contributed by atoms with Crippen LogP contribution in [0.4, 0.5) is 0 Å². The summed E-state index contributed by atoms with van der Waals surface area (Å²) in [4.78, 5) is 4.91. The first kappa shape index (κ1) is 12.6. The molecule has 1 saturated heterocycles. The van der Waals surface area contributed by atoms with Crippen molar-refractivity contribution in [3.8, 4) is 0 Å². The van der Waals surface area contributed by atoms with Gasteiger partial charge in [0.15, 0.2) is 0 Å². The van der Waals surface area contributed by atoms with Gasteiger partial charge in [-0.05, 0) is 19.0 Å². The Morgan fingerprint density at radius 1 is 1.18 bits per heavy atom. The fraction of sp³-hybridized carbons (Fsp3) is 0.769. The van der Waals surface area contributed by atoms with E-state index in [0.29, 0.717) is 5.92 Å². The van der Waals surface area contributed by atoms with E-state index < -0.39 is 0 Å². The summed E-state index contributed by atoms with van der Waals surface area (Å²) in [5, 5.41) is 4.59. The maximum absolute atomic E-state index is 4.59. The highest BCUT2D eigenvalue weighted by atomic mass is 15.3. The van der Waals surface area contributed by atoms with Gasteiger partial charge in [0.2, 0.25) is 0 Å². The molecule has 0 unspecified atom stereocenters. The summed E-state index contributed by atoms with van der Waals surface area (Å²) in [6, 6.07) is 2.13. The van der Waals surface area contributed by atoms with Gasteiger partial charge in [-0.25, -0.2) is 0 Å². The van der Waals surface area contributed by atoms with Gasteiger partial charge in [-0.3, -0.25) is 9.58 Å². The third-order valence-corrected chi connectivity index (χ3v) is 3.49. The number of hydrogen-bond acceptors (Lipinski definition) is 3. The quantitative estimate of drug-likeness (QED) is 0.786. The summed E-state index contributed by atoms with van der Waals surface area (Å²) in [6.45, 7) is 11.3. The molecule has 1 aromatic heterocycles. The number of likely N-dealkylation sites (N-methyl/N-ethyl adjacent to an activating group) is 1. The molecular weight excluding hydrogens is 212 g/mol. The van der Waals surface area contributed by atoms with Crippen molar-refractivity contribution >= 4 is 0 Å². The molecule has 0 aromatic carbocycles. The Labute approximate surface area is 104 Å². The summed E-state index contributed by atoms with van der Waals surface area (Å²) < 4.78 is 2.08. The molecular formula is C13H24N4. The van der Waals surface area contributed by atoms with Crippen molar-refractivity contribution in [1.29, 1.82) is 0 Å². The molecule has 2 rings (SSSR count). The largest absolute Gasteiger partial charge is 0.304 e. The van der Waals surface area contributed by atoms with E-state index in [-0.39, 0.29) is 0 Å². The Hall–Kier alpha value is -0.870. The van der Waals surface area contributed by atoms with Gasteiger partial charge in [-0.1, -0.05) is 13.8 Å². The predicted octanol–water partition coefficient (Wildman–Crippen LogP) is 1.25. The van der Waals surface area contributed by atoms with Gasteiger partial charge < -0.3 is 4.90 Å². The van der Waals surface area contributed by atoms with Gasteiger partial charge in [0.05, 0.1) is 12.2 Å². The van der Waals surface area contributed by atoms with Gasteiger partial charge in [0, 0.05) is 38.9 Å². The van der Waals surface area contributed by atoms with Crippen LogP contribution in [0.5, 0.6) is 0 Å². The average Bonchev–Trinajstić information content (AvgIpc) is 2.77. The standard InChI is InChI=1S/C13H24N4/c1-12(2)13-4-5-17(14-13)11-10-16-8-6-15(3)7-9-16/h4-5,12H,6-11H2,1-3H3. The van der Waals surface area contributed by atoms with Crippen LogP contribution in [-0.2, 0) is 6.54 Å². The second-order valence-corrected chi connectivity index (χ2v) is 5.30. The van der Waals surface area contributed by atoms with Crippen LogP contribution in [0.1, 0.15) is 25.5 Å². The molecule has 1 aliphatic heterocycles. The summed E-state index contributed by atoms with van der Waals surface area (Å²) >= 11 is 0. The van der Waals surface area contributed by atoms with E-state index in [9.17, 15) is 0 Å². The van der Waals surface area contributed by atoms with Crippen LogP contribution in [0, 0.1) is 0 Å². The van der Waals surface area contributed by atoms with Crippen LogP contribution in [0.15, 0.2) is 12.3 Å². The minimum atomic E-state index is 0.528. The highest BCUT2D eigenvalue weighted by Gasteiger charge is 2.13. The molecule has 0 aliphatic carbocycles. The lowest BCUT2D eigenvalue weighted by atomic mass is 10.1. The Morgan fingerprint density at radius 2 is 1.88 bits per heavy atom. The second kappa shape index (κ2) is 5.65. The van der Waals surface area contributed by atoms with Crippen LogP contribution >= 0.6 is 0 Å². The van der Waals surface area contributed by atoms with E-state index in [0.717, 1.165) is 13.1 Å². The summed E-state index contributed by atoms with van der Waals surface area (Å²) in [6.07, 6.45) is 2.10. The number of rotatable bonds is 4. The third-order valence-electron chi connectivity index (χ3n) is 3.49. The number of piperazine rings is 1. The topological polar surface area (TPSA) is 24.3 Å². The lowest BCUT2D eigenvalue weighted by Crippen LogP contribution is -2.45. The summed E-state index contributed by atoms with van der Waals surface area (Å²) in [5.41, 5.74) is 1.20. The molecule has 4 heteroatoms. The van der Waals surface area contributed by atoms with Gasteiger partial charge in [0.25, 0.3) is 0 Å². The maximum atomic E-state index is 4.59. The molecule has 0 radical (unpaired) electrons. The van der Waals surface area contributed by atoms with Crippen molar-refractivity contribution in [2.45, 2.75) is 26.3 Å². The zero-order chi connectivity index (χ0) is 12.3. The Balaban J connectivity index is 1.77. The third kappa shape index (κ3) is 3.54. The SMILES string of the molecule is CC(C)c1ccn(CCN2CCN(C)CC2)n1. The highest BCUT2D eigenvalue weighted by molar-refractivity contribution is 5.03. The molecule has 0 spiro atoms. The van der Waals surface area contributed by atoms with Gasteiger partial charge in [0.1, 0.15) is 0 Å². The molecule has 1 aromatic rings. The maximum Gasteiger partial charge on any atom is 0.0649 e. The van der Waals surface area contributed by atoms with Crippen molar-refractivity contribution in [3.63, 3.8) is 0 Å². The van der Waals surface area contributed by atoms with Crippen LogP contribution < -0.4 is 0 Å². The van der Waals surface area contributed by atoms with Crippen LogP contribution in [0.2, 0.25) is 0 Å². The Morgan fingerprint density at radius 3 is 2.47 bits per heavy atom. The average molecular weight is 236 g/mol. The molecule has 0 amide bonds. The second-order valence-electron chi connectivity index (χ2n) is 5.30. The summed E-state index contributed by atoms with van der Waals surface area (Å²) in [5.74, 6) is 0.528. The number of hydrogen-bond donors (Lipinski definition) is 0. The molecule has 1 fully saturated rings. The molecule has 17 heavy (non-hydrogen) atoms. The van der Waals surface area contributed by atoms with E-state index in [1.54, 1.807) is 0 Å². The predicted molar refractivity (Wildman–Crippen MR) is 70.3 cm³/mol. The zero-order valence-corrected chi connectivity index (χ0v) is 11.3. The lowest BCUT2D eigenvalue weighted by Gasteiger charge is -2.32. The fourth-order valence-electron chi connectivity index (χ4n) is 2.13. The van der Waals surface area contributed by atoms with E-state index in [1.807, 2.05) is 0 Å². The van der Waals surface area contributed by atoms with Gasteiger partial charge >= 0.3 is 0 Å². The van der Waals surface area contributed by atoms with Crippen LogP contribution in [0.3, 0.4) is 0 Å². The number of aromatic nitrogens is 2. The van der Waals surface area contributed by atoms with E-state index in [2.05, 4.69) is 52.7 Å². The molecule has 96 valence electrons. The highest BCUT2D eigenvalue weighted by Crippen LogP contribution is 2.10. The van der Waals surface area contributed by atoms with Crippen molar-refractivity contribution in [2.75, 3.05) is 39.8 Å². The molecule has 0 saturated carbocycles. The fourth-order valence-corrected chi connectivity index (χ4v) is 2.13. The van der Waals surface area contributed by atoms with Crippen molar-refractivity contribution in [2.24, 2.45) is 0 Å². The Kier molecular flexibility index (Phi) is 4.18. The molecule has 0 atom stereocenters. The van der Waals surface area contributed by atoms with Gasteiger partial charge in [-0.2, -0.15) is 5.10 Å². The monoisotopic (exact) mass is 236 g/mol. The van der Waals surface area contributed by atoms with E-state index >= 15 is 0 Å². The molecule has 0 N–H and O–H groups in total. The Bertz CT molecular complexity index is 337.